The summed E-state index contributed by atoms with van der Waals surface area (Å²) in [6, 6.07) is 7.29. The van der Waals surface area contributed by atoms with Crippen molar-refractivity contribution in [2.45, 2.75) is 19.3 Å². The van der Waals surface area contributed by atoms with Crippen molar-refractivity contribution in [1.29, 1.82) is 0 Å². The Hall–Kier alpha value is -2.67. The zero-order chi connectivity index (χ0) is 17.7. The summed E-state index contributed by atoms with van der Waals surface area (Å²) in [5.41, 5.74) is 1.81. The van der Waals surface area contributed by atoms with Gasteiger partial charge in [0.05, 0.1) is 17.1 Å². The van der Waals surface area contributed by atoms with E-state index >= 15 is 0 Å². The number of hydrogen-bond donors (Lipinski definition) is 2. The molecule has 2 aliphatic rings. The maximum absolute atomic E-state index is 13.1. The number of benzene rings is 1. The van der Waals surface area contributed by atoms with Gasteiger partial charge < -0.3 is 15.2 Å². The Balaban J connectivity index is 1.49. The van der Waals surface area contributed by atoms with Gasteiger partial charge in [-0.15, -0.1) is 0 Å². The van der Waals surface area contributed by atoms with Gasteiger partial charge in [-0.1, -0.05) is 12.1 Å². The smallest absolute Gasteiger partial charge is 0.259 e. The van der Waals surface area contributed by atoms with Gasteiger partial charge in [0, 0.05) is 19.6 Å². The lowest BCUT2D eigenvalue weighted by molar-refractivity contribution is 0.0609. The Morgan fingerprint density at radius 2 is 1.96 bits per heavy atom. The van der Waals surface area contributed by atoms with Crippen LogP contribution < -0.4 is 10.9 Å². The van der Waals surface area contributed by atoms with Crippen molar-refractivity contribution >= 4 is 22.5 Å². The van der Waals surface area contributed by atoms with Gasteiger partial charge in [-0.2, -0.15) is 5.10 Å². The molecule has 0 unspecified atom stereocenters. The van der Waals surface area contributed by atoms with Gasteiger partial charge in [-0.3, -0.25) is 9.59 Å². The average molecular weight is 351 g/mol. The van der Waals surface area contributed by atoms with E-state index in [-0.39, 0.29) is 11.5 Å². The van der Waals surface area contributed by atoms with Gasteiger partial charge in [0.2, 0.25) is 0 Å². The highest BCUT2D eigenvalue weighted by atomic mass is 16.2. The first-order valence-electron chi connectivity index (χ1n) is 9.16. The molecule has 0 bridgehead atoms. The van der Waals surface area contributed by atoms with Gasteiger partial charge in [0.15, 0.2) is 0 Å². The first kappa shape index (κ1) is 15.6. The Kier molecular flexibility index (Phi) is 3.40. The molecule has 0 atom stereocenters. The van der Waals surface area contributed by atoms with Crippen LogP contribution in [0, 0.1) is 5.41 Å². The normalized spacial score (nSPS) is 19.6. The molecule has 1 aromatic carbocycles. The largest absolute Gasteiger partial charge is 0.338 e. The van der Waals surface area contributed by atoms with Gasteiger partial charge >= 0.3 is 0 Å². The van der Waals surface area contributed by atoms with Gasteiger partial charge in [0.25, 0.3) is 11.5 Å². The van der Waals surface area contributed by atoms with E-state index in [1.54, 1.807) is 16.8 Å². The van der Waals surface area contributed by atoms with Crippen LogP contribution >= 0.6 is 0 Å². The van der Waals surface area contributed by atoms with E-state index in [1.807, 2.05) is 23.1 Å². The highest BCUT2D eigenvalue weighted by Crippen LogP contribution is 2.37. The Labute approximate surface area is 150 Å². The van der Waals surface area contributed by atoms with Gasteiger partial charge in [-0.05, 0) is 43.4 Å². The summed E-state index contributed by atoms with van der Waals surface area (Å²) in [5.74, 6) is -0.0493. The van der Waals surface area contributed by atoms with Crippen LogP contribution in [0.3, 0.4) is 0 Å². The molecule has 7 heteroatoms. The molecule has 2 aliphatic heterocycles. The Morgan fingerprint density at radius 1 is 1.15 bits per heavy atom. The summed E-state index contributed by atoms with van der Waals surface area (Å²) >= 11 is 0. The number of aromatic amines is 1. The number of amides is 1. The van der Waals surface area contributed by atoms with E-state index < -0.39 is 0 Å². The molecular formula is C19H21N5O2. The molecule has 3 aromatic rings. The summed E-state index contributed by atoms with van der Waals surface area (Å²) in [5, 5.41) is 8.37. The first-order chi connectivity index (χ1) is 12.7. The number of carbonyl (C=O) groups is 1. The van der Waals surface area contributed by atoms with Crippen molar-refractivity contribution in [3.63, 3.8) is 0 Å². The molecule has 2 saturated heterocycles. The van der Waals surface area contributed by atoms with Crippen molar-refractivity contribution in [2.24, 2.45) is 5.41 Å². The van der Waals surface area contributed by atoms with Crippen molar-refractivity contribution < 1.29 is 4.79 Å². The number of aromatic nitrogens is 3. The lowest BCUT2D eigenvalue weighted by Crippen LogP contribution is -2.44. The van der Waals surface area contributed by atoms with E-state index in [9.17, 15) is 9.59 Å². The third-order valence-corrected chi connectivity index (χ3v) is 6.05. The number of hydrogen-bond acceptors (Lipinski definition) is 4. The number of nitrogens with zero attached hydrogens (tertiary/aromatic N) is 3. The second-order valence-corrected chi connectivity index (χ2v) is 7.51. The Morgan fingerprint density at radius 3 is 2.73 bits per heavy atom. The van der Waals surface area contributed by atoms with E-state index in [0.717, 1.165) is 39.0 Å². The number of carbonyl (C=O) groups excluding carboxylic acids is 1. The number of likely N-dealkylation sites (tertiary alicyclic amines) is 1. The molecule has 0 radical (unpaired) electrons. The summed E-state index contributed by atoms with van der Waals surface area (Å²) in [7, 11) is 0. The highest BCUT2D eigenvalue weighted by Gasteiger charge is 2.38. The van der Waals surface area contributed by atoms with E-state index in [2.05, 4.69) is 15.4 Å². The van der Waals surface area contributed by atoms with Gasteiger partial charge in [-0.25, -0.2) is 4.52 Å². The van der Waals surface area contributed by atoms with E-state index in [0.29, 0.717) is 27.5 Å². The molecule has 5 rings (SSSR count). The molecule has 0 saturated carbocycles. The van der Waals surface area contributed by atoms with Crippen LogP contribution in [0.2, 0.25) is 0 Å². The van der Waals surface area contributed by atoms with Crippen LogP contribution in [0.1, 0.15) is 29.6 Å². The fraction of sp³-hybridized carbons (Fsp3) is 0.421. The second kappa shape index (κ2) is 5.67. The Bertz CT molecular complexity index is 1050. The molecule has 1 amide bonds. The molecule has 2 fully saturated rings. The van der Waals surface area contributed by atoms with Crippen LogP contribution in [0.25, 0.3) is 16.6 Å². The van der Waals surface area contributed by atoms with Crippen LogP contribution in [0.5, 0.6) is 0 Å². The molecule has 7 nitrogen and oxygen atoms in total. The van der Waals surface area contributed by atoms with Crippen molar-refractivity contribution in [3.05, 3.63) is 46.4 Å². The topological polar surface area (TPSA) is 82.5 Å². The van der Waals surface area contributed by atoms with Gasteiger partial charge in [0.1, 0.15) is 11.2 Å². The van der Waals surface area contributed by atoms with Crippen LogP contribution in [0.4, 0.5) is 0 Å². The minimum Gasteiger partial charge on any atom is -0.338 e. The number of para-hydroxylation sites is 1. The summed E-state index contributed by atoms with van der Waals surface area (Å²) in [6.07, 6.45) is 4.83. The fourth-order valence-electron chi connectivity index (χ4n) is 4.41. The zero-order valence-electron chi connectivity index (χ0n) is 14.5. The molecule has 134 valence electrons. The van der Waals surface area contributed by atoms with E-state index in [1.165, 1.54) is 6.42 Å². The monoisotopic (exact) mass is 351 g/mol. The minimum absolute atomic E-state index is 0.0493. The second-order valence-electron chi connectivity index (χ2n) is 7.51. The molecule has 26 heavy (non-hydrogen) atoms. The van der Waals surface area contributed by atoms with Crippen molar-refractivity contribution in [3.8, 4) is 0 Å². The number of nitrogens with one attached hydrogen (secondary N) is 2. The average Bonchev–Trinajstić information content (AvgIpc) is 3.30. The maximum Gasteiger partial charge on any atom is 0.259 e. The number of rotatable bonds is 1. The number of piperidine rings is 1. The molecular weight excluding hydrogens is 330 g/mol. The standard InChI is InChI=1S/C19H21N5O2/c25-17-13-3-1-2-4-15(13)24-16(22-17)14(11-21-24)18(26)23-9-6-19(7-10-23)5-8-20-12-19/h1-4,11,20H,5-10,12H2,(H,22,25). The third kappa shape index (κ3) is 2.27. The van der Waals surface area contributed by atoms with Crippen LogP contribution in [-0.4, -0.2) is 51.6 Å². The van der Waals surface area contributed by atoms with Crippen LogP contribution in [0.15, 0.2) is 35.3 Å². The molecule has 2 aromatic heterocycles. The fourth-order valence-corrected chi connectivity index (χ4v) is 4.41. The zero-order valence-corrected chi connectivity index (χ0v) is 14.5. The lowest BCUT2D eigenvalue weighted by atomic mass is 9.78. The predicted molar refractivity (Wildman–Crippen MR) is 98.4 cm³/mol. The molecule has 1 spiro atoms. The third-order valence-electron chi connectivity index (χ3n) is 6.05. The highest BCUT2D eigenvalue weighted by molar-refractivity contribution is 6.00. The number of H-pyrrole nitrogens is 1. The maximum atomic E-state index is 13.1. The SMILES string of the molecule is O=C(c1cnn2c1[nH]c(=O)c1ccccc12)N1CCC2(CCNC2)CC1. The summed E-state index contributed by atoms with van der Waals surface area (Å²) in [6.45, 7) is 3.66. The minimum atomic E-state index is -0.197. The summed E-state index contributed by atoms with van der Waals surface area (Å²) in [4.78, 5) is 30.2. The first-order valence-corrected chi connectivity index (χ1v) is 9.16. The van der Waals surface area contributed by atoms with Crippen LogP contribution in [-0.2, 0) is 0 Å². The quantitative estimate of drug-likeness (QED) is 0.694. The summed E-state index contributed by atoms with van der Waals surface area (Å²) < 4.78 is 1.65. The lowest BCUT2D eigenvalue weighted by Gasteiger charge is -2.38. The van der Waals surface area contributed by atoms with E-state index in [4.69, 9.17) is 0 Å². The molecule has 2 N–H and O–H groups in total. The molecule has 4 heterocycles. The molecule has 0 aliphatic carbocycles. The van der Waals surface area contributed by atoms with Crippen molar-refractivity contribution in [1.82, 2.24) is 24.8 Å². The van der Waals surface area contributed by atoms with Crippen molar-refractivity contribution in [2.75, 3.05) is 26.2 Å². The predicted octanol–water partition coefficient (Wildman–Crippen LogP) is 1.39. The number of fused-ring (bicyclic) bond motifs is 3.